The van der Waals surface area contributed by atoms with E-state index in [0.717, 1.165) is 4.31 Å². The van der Waals surface area contributed by atoms with Crippen molar-refractivity contribution < 1.29 is 13.2 Å². The van der Waals surface area contributed by atoms with Gasteiger partial charge in [-0.25, -0.2) is 8.42 Å². The highest BCUT2D eigenvalue weighted by Gasteiger charge is 2.22. The summed E-state index contributed by atoms with van der Waals surface area (Å²) in [5.41, 5.74) is 0. The molecular weight excluding hydrogens is 314 g/mol. The molecule has 1 amide bonds. The van der Waals surface area contributed by atoms with Crippen LogP contribution in [0.25, 0.3) is 0 Å². The zero-order chi connectivity index (χ0) is 15.2. The second-order valence-electron chi connectivity index (χ2n) is 4.57. The molecule has 0 aromatic heterocycles. The number of halogens is 1. The van der Waals surface area contributed by atoms with Crippen molar-refractivity contribution in [3.63, 3.8) is 0 Å². The van der Waals surface area contributed by atoms with Gasteiger partial charge in [0.05, 0.1) is 11.4 Å². The van der Waals surface area contributed by atoms with Crippen LogP contribution in [-0.2, 0) is 14.8 Å². The van der Waals surface area contributed by atoms with E-state index in [1.165, 1.54) is 19.2 Å². The summed E-state index contributed by atoms with van der Waals surface area (Å²) in [6.07, 6.45) is 0. The minimum Gasteiger partial charge on any atom is -0.353 e. The van der Waals surface area contributed by atoms with Gasteiger partial charge in [-0.3, -0.25) is 4.79 Å². The van der Waals surface area contributed by atoms with Gasteiger partial charge in [-0.05, 0) is 26.1 Å². The standard InChI is InChI=1S/C13H21N3O3S.ClH/c1-11(14-2)9-15-13(17)10-16(3)20(18,19)12-7-5-4-6-8-12;/h4-8,11,14H,9-10H2,1-3H3,(H,15,17);1H. The summed E-state index contributed by atoms with van der Waals surface area (Å²) in [4.78, 5) is 11.9. The highest BCUT2D eigenvalue weighted by atomic mass is 35.5. The number of rotatable bonds is 7. The van der Waals surface area contributed by atoms with Crippen molar-refractivity contribution in [2.24, 2.45) is 0 Å². The minimum atomic E-state index is -3.62. The molecule has 0 fully saturated rings. The molecule has 0 saturated heterocycles. The number of carbonyl (C=O) groups is 1. The fourth-order valence-electron chi connectivity index (χ4n) is 1.48. The van der Waals surface area contributed by atoms with Gasteiger partial charge >= 0.3 is 0 Å². The van der Waals surface area contributed by atoms with Crippen molar-refractivity contribution in [1.29, 1.82) is 0 Å². The number of hydrogen-bond donors (Lipinski definition) is 2. The summed E-state index contributed by atoms with van der Waals surface area (Å²) in [5, 5.41) is 5.66. The summed E-state index contributed by atoms with van der Waals surface area (Å²) >= 11 is 0. The van der Waals surface area contributed by atoms with Crippen LogP contribution in [0.1, 0.15) is 6.92 Å². The van der Waals surface area contributed by atoms with Gasteiger partial charge in [0.1, 0.15) is 0 Å². The van der Waals surface area contributed by atoms with Crippen molar-refractivity contribution in [2.45, 2.75) is 17.9 Å². The maximum Gasteiger partial charge on any atom is 0.243 e. The summed E-state index contributed by atoms with van der Waals surface area (Å²) < 4.78 is 25.4. The average Bonchev–Trinajstić information content (AvgIpc) is 2.45. The molecule has 0 saturated carbocycles. The Hall–Kier alpha value is -1.15. The van der Waals surface area contributed by atoms with E-state index in [2.05, 4.69) is 10.6 Å². The van der Waals surface area contributed by atoms with Crippen molar-refractivity contribution in [3.8, 4) is 0 Å². The molecule has 21 heavy (non-hydrogen) atoms. The molecule has 120 valence electrons. The Morgan fingerprint density at radius 3 is 2.38 bits per heavy atom. The molecule has 6 nitrogen and oxygen atoms in total. The van der Waals surface area contributed by atoms with Crippen LogP contribution in [0.3, 0.4) is 0 Å². The molecule has 1 rings (SSSR count). The second-order valence-corrected chi connectivity index (χ2v) is 6.61. The number of hydrogen-bond acceptors (Lipinski definition) is 4. The molecule has 1 aromatic rings. The van der Waals surface area contributed by atoms with E-state index in [4.69, 9.17) is 0 Å². The number of benzene rings is 1. The van der Waals surface area contributed by atoms with E-state index >= 15 is 0 Å². The third kappa shape index (κ3) is 6.01. The molecule has 0 aliphatic carbocycles. The van der Waals surface area contributed by atoms with E-state index in [1.807, 2.05) is 6.92 Å². The molecule has 0 aliphatic rings. The van der Waals surface area contributed by atoms with E-state index in [9.17, 15) is 13.2 Å². The van der Waals surface area contributed by atoms with Crippen LogP contribution >= 0.6 is 12.4 Å². The smallest absolute Gasteiger partial charge is 0.243 e. The maximum absolute atomic E-state index is 12.2. The van der Waals surface area contributed by atoms with Crippen LogP contribution in [0.2, 0.25) is 0 Å². The highest BCUT2D eigenvalue weighted by Crippen LogP contribution is 2.12. The highest BCUT2D eigenvalue weighted by molar-refractivity contribution is 7.89. The Morgan fingerprint density at radius 2 is 1.86 bits per heavy atom. The molecular formula is C13H22ClN3O3S. The third-order valence-corrected chi connectivity index (χ3v) is 4.73. The van der Waals surface area contributed by atoms with Gasteiger partial charge in [-0.2, -0.15) is 4.31 Å². The van der Waals surface area contributed by atoms with Gasteiger partial charge in [-0.1, -0.05) is 18.2 Å². The van der Waals surface area contributed by atoms with Gasteiger partial charge in [0, 0.05) is 19.6 Å². The minimum absolute atomic E-state index is 0. The molecule has 0 aliphatic heterocycles. The summed E-state index contributed by atoms with van der Waals surface area (Å²) in [5.74, 6) is -0.325. The number of sulfonamides is 1. The summed E-state index contributed by atoms with van der Waals surface area (Å²) in [6.45, 7) is 2.17. The fraction of sp³-hybridized carbons (Fsp3) is 0.462. The van der Waals surface area contributed by atoms with Crippen molar-refractivity contribution in [1.82, 2.24) is 14.9 Å². The molecule has 1 aromatic carbocycles. The molecule has 1 unspecified atom stereocenters. The van der Waals surface area contributed by atoms with Crippen LogP contribution in [0.15, 0.2) is 35.2 Å². The predicted octanol–water partition coefficient (Wildman–Crippen LogP) is 0.453. The third-order valence-electron chi connectivity index (χ3n) is 2.92. The molecule has 8 heteroatoms. The largest absolute Gasteiger partial charge is 0.353 e. The SMILES string of the molecule is CNC(C)CNC(=O)CN(C)S(=O)(=O)c1ccccc1.Cl. The van der Waals surface area contributed by atoms with Crippen LogP contribution in [0, 0.1) is 0 Å². The average molecular weight is 336 g/mol. The van der Waals surface area contributed by atoms with Gasteiger partial charge in [0.15, 0.2) is 0 Å². The summed E-state index contributed by atoms with van der Waals surface area (Å²) in [7, 11) is -0.435. The quantitative estimate of drug-likeness (QED) is 0.758. The van der Waals surface area contributed by atoms with Gasteiger partial charge in [0.25, 0.3) is 0 Å². The van der Waals surface area contributed by atoms with Crippen molar-refractivity contribution in [2.75, 3.05) is 27.2 Å². The molecule has 2 N–H and O–H groups in total. The van der Waals surface area contributed by atoms with E-state index < -0.39 is 10.0 Å². The van der Waals surface area contributed by atoms with Gasteiger partial charge in [-0.15, -0.1) is 12.4 Å². The second kappa shape index (κ2) is 8.99. The normalized spacial score (nSPS) is 12.6. The summed E-state index contributed by atoms with van der Waals surface area (Å²) in [6, 6.07) is 8.19. The molecule has 0 bridgehead atoms. The fourth-order valence-corrected chi connectivity index (χ4v) is 2.63. The first-order valence-corrected chi connectivity index (χ1v) is 7.77. The molecule has 0 spiro atoms. The van der Waals surface area contributed by atoms with Gasteiger partial charge < -0.3 is 10.6 Å². The van der Waals surface area contributed by atoms with E-state index in [0.29, 0.717) is 6.54 Å². The van der Waals surface area contributed by atoms with E-state index in [1.54, 1.807) is 25.2 Å². The van der Waals surface area contributed by atoms with Crippen LogP contribution in [0.5, 0.6) is 0 Å². The predicted molar refractivity (Wildman–Crippen MR) is 85.0 cm³/mol. The lowest BCUT2D eigenvalue weighted by molar-refractivity contribution is -0.121. The number of carbonyl (C=O) groups excluding carboxylic acids is 1. The molecule has 1 atom stereocenters. The zero-order valence-electron chi connectivity index (χ0n) is 12.4. The first-order chi connectivity index (χ1) is 9.37. The van der Waals surface area contributed by atoms with Crippen LogP contribution in [-0.4, -0.2) is 51.9 Å². The Kier molecular flexibility index (Phi) is 8.50. The Labute approximate surface area is 132 Å². The Balaban J connectivity index is 0.00000400. The molecule has 0 radical (unpaired) electrons. The number of amides is 1. The first kappa shape index (κ1) is 19.9. The lowest BCUT2D eigenvalue weighted by atomic mass is 10.3. The van der Waals surface area contributed by atoms with Gasteiger partial charge in [0.2, 0.25) is 15.9 Å². The topological polar surface area (TPSA) is 78.5 Å². The number of nitrogens with one attached hydrogen (secondary N) is 2. The lowest BCUT2D eigenvalue weighted by Gasteiger charge is -2.18. The van der Waals surface area contributed by atoms with Crippen LogP contribution < -0.4 is 10.6 Å². The van der Waals surface area contributed by atoms with E-state index in [-0.39, 0.29) is 35.8 Å². The lowest BCUT2D eigenvalue weighted by Crippen LogP contribution is -2.42. The first-order valence-electron chi connectivity index (χ1n) is 6.33. The zero-order valence-corrected chi connectivity index (χ0v) is 14.0. The van der Waals surface area contributed by atoms with Crippen molar-refractivity contribution >= 4 is 28.3 Å². The monoisotopic (exact) mass is 335 g/mol. The number of likely N-dealkylation sites (N-methyl/N-ethyl adjacent to an activating group) is 2. The maximum atomic E-state index is 12.2. The molecule has 0 heterocycles. The number of nitrogens with zero attached hydrogens (tertiary/aromatic N) is 1. The Morgan fingerprint density at radius 1 is 1.29 bits per heavy atom. The van der Waals surface area contributed by atoms with Crippen LogP contribution in [0.4, 0.5) is 0 Å². The Bertz CT molecular complexity index is 537. The van der Waals surface area contributed by atoms with Crippen molar-refractivity contribution in [3.05, 3.63) is 30.3 Å².